The highest BCUT2D eigenvalue weighted by molar-refractivity contribution is 7.99. The molecule has 0 saturated carbocycles. The number of benzene rings is 2. The van der Waals surface area contributed by atoms with Gasteiger partial charge in [0.05, 0.1) is 18.0 Å². The van der Waals surface area contributed by atoms with Crippen molar-refractivity contribution in [3.63, 3.8) is 0 Å². The zero-order valence-corrected chi connectivity index (χ0v) is 16.3. The molecule has 0 aliphatic rings. The van der Waals surface area contributed by atoms with Crippen molar-refractivity contribution in [3.8, 4) is 11.4 Å². The van der Waals surface area contributed by atoms with Gasteiger partial charge in [0.15, 0.2) is 0 Å². The third-order valence-electron chi connectivity index (χ3n) is 4.04. The third-order valence-corrected chi connectivity index (χ3v) is 4.96. The number of carbonyl (C=O) groups is 1. The van der Waals surface area contributed by atoms with Gasteiger partial charge in [0.2, 0.25) is 11.1 Å². The minimum atomic E-state index is -0.102. The molecule has 7 nitrogen and oxygen atoms in total. The van der Waals surface area contributed by atoms with Gasteiger partial charge in [-0.2, -0.15) is 4.68 Å². The Balaban J connectivity index is 1.64. The molecule has 0 atom stereocenters. The molecule has 0 bridgehead atoms. The molecule has 3 aromatic rings. The molecule has 1 aromatic heterocycles. The van der Waals surface area contributed by atoms with Gasteiger partial charge in [-0.1, -0.05) is 23.9 Å². The second-order valence-corrected chi connectivity index (χ2v) is 6.83. The number of rotatable bonds is 7. The number of carbonyl (C=O) groups excluding carboxylic acids is 1. The van der Waals surface area contributed by atoms with Gasteiger partial charge in [-0.3, -0.25) is 4.79 Å². The Kier molecular flexibility index (Phi) is 6.08. The maximum atomic E-state index is 12.3. The van der Waals surface area contributed by atoms with Gasteiger partial charge in [-0.25, -0.2) is 0 Å². The van der Waals surface area contributed by atoms with Crippen molar-refractivity contribution in [2.24, 2.45) is 0 Å². The van der Waals surface area contributed by atoms with E-state index in [9.17, 15) is 4.79 Å². The number of aromatic nitrogens is 4. The molecule has 2 aromatic carbocycles. The largest absolute Gasteiger partial charge is 0.494 e. The Morgan fingerprint density at radius 2 is 1.96 bits per heavy atom. The number of hydrogen-bond donors (Lipinski definition) is 1. The van der Waals surface area contributed by atoms with Crippen LogP contribution >= 0.6 is 11.8 Å². The minimum absolute atomic E-state index is 0.102. The summed E-state index contributed by atoms with van der Waals surface area (Å²) in [6.07, 6.45) is 0. The Morgan fingerprint density at radius 1 is 1.19 bits per heavy atom. The fourth-order valence-corrected chi connectivity index (χ4v) is 3.17. The number of aryl methyl sites for hydroxylation is 1. The number of amides is 1. The Hall–Kier alpha value is -2.87. The zero-order valence-electron chi connectivity index (χ0n) is 15.5. The van der Waals surface area contributed by atoms with Crippen LogP contribution in [0.5, 0.6) is 5.75 Å². The van der Waals surface area contributed by atoms with Gasteiger partial charge in [0.25, 0.3) is 0 Å². The van der Waals surface area contributed by atoms with Crippen molar-refractivity contribution >= 4 is 23.4 Å². The van der Waals surface area contributed by atoms with E-state index in [0.29, 0.717) is 11.8 Å². The van der Waals surface area contributed by atoms with Crippen molar-refractivity contribution in [2.45, 2.75) is 25.9 Å². The number of hydrogen-bond acceptors (Lipinski definition) is 6. The monoisotopic (exact) mass is 383 g/mol. The Labute approximate surface area is 162 Å². The van der Waals surface area contributed by atoms with Gasteiger partial charge in [-0.15, -0.1) is 5.10 Å². The quantitative estimate of drug-likeness (QED) is 0.630. The van der Waals surface area contributed by atoms with Crippen LogP contribution in [0, 0.1) is 13.8 Å². The highest BCUT2D eigenvalue weighted by Gasteiger charge is 2.13. The lowest BCUT2D eigenvalue weighted by atomic mass is 10.1. The van der Waals surface area contributed by atoms with Gasteiger partial charge in [0.1, 0.15) is 5.75 Å². The maximum Gasteiger partial charge on any atom is 0.234 e. The van der Waals surface area contributed by atoms with Crippen LogP contribution in [0.3, 0.4) is 0 Å². The number of ether oxygens (including phenoxy) is 1. The van der Waals surface area contributed by atoms with Crippen LogP contribution in [-0.4, -0.2) is 38.5 Å². The average Bonchev–Trinajstić information content (AvgIpc) is 3.13. The first-order valence-electron chi connectivity index (χ1n) is 8.59. The van der Waals surface area contributed by atoms with Crippen LogP contribution in [0.2, 0.25) is 0 Å². The first-order valence-corrected chi connectivity index (χ1v) is 9.57. The smallest absolute Gasteiger partial charge is 0.234 e. The molecule has 0 unspecified atom stereocenters. The summed E-state index contributed by atoms with van der Waals surface area (Å²) in [6, 6.07) is 13.3. The molecule has 27 heavy (non-hydrogen) atoms. The summed E-state index contributed by atoms with van der Waals surface area (Å²) in [5, 5.41) is 15.2. The number of anilines is 1. The van der Waals surface area contributed by atoms with Crippen molar-refractivity contribution < 1.29 is 9.53 Å². The van der Waals surface area contributed by atoms with Crippen molar-refractivity contribution in [1.82, 2.24) is 20.2 Å². The lowest BCUT2D eigenvalue weighted by Crippen LogP contribution is -2.15. The fourth-order valence-electron chi connectivity index (χ4n) is 2.48. The van der Waals surface area contributed by atoms with Crippen molar-refractivity contribution in [2.75, 3.05) is 17.7 Å². The maximum absolute atomic E-state index is 12.3. The molecule has 1 N–H and O–H groups in total. The van der Waals surface area contributed by atoms with Crippen LogP contribution in [0.4, 0.5) is 5.69 Å². The zero-order chi connectivity index (χ0) is 19.2. The van der Waals surface area contributed by atoms with Crippen LogP contribution in [0.25, 0.3) is 5.69 Å². The summed E-state index contributed by atoms with van der Waals surface area (Å²) in [5.74, 6) is 0.900. The predicted molar refractivity (Wildman–Crippen MR) is 106 cm³/mol. The molecule has 3 rings (SSSR count). The summed E-state index contributed by atoms with van der Waals surface area (Å²) in [4.78, 5) is 12.3. The topological polar surface area (TPSA) is 81.9 Å². The first kappa shape index (κ1) is 18.9. The van der Waals surface area contributed by atoms with Crippen LogP contribution in [-0.2, 0) is 4.79 Å². The number of nitrogens with one attached hydrogen (secondary N) is 1. The second-order valence-electron chi connectivity index (χ2n) is 5.88. The molecule has 0 fully saturated rings. The Morgan fingerprint density at radius 3 is 2.70 bits per heavy atom. The van der Waals surface area contributed by atoms with Gasteiger partial charge in [0, 0.05) is 5.69 Å². The number of thioether (sulfide) groups is 1. The van der Waals surface area contributed by atoms with E-state index < -0.39 is 0 Å². The summed E-state index contributed by atoms with van der Waals surface area (Å²) in [5.41, 5.74) is 3.84. The highest BCUT2D eigenvalue weighted by atomic mass is 32.2. The lowest BCUT2D eigenvalue weighted by molar-refractivity contribution is -0.113. The second kappa shape index (κ2) is 8.68. The van der Waals surface area contributed by atoms with E-state index >= 15 is 0 Å². The molecule has 0 aliphatic heterocycles. The number of nitrogens with zero attached hydrogens (tertiary/aromatic N) is 4. The molecule has 0 spiro atoms. The molecule has 1 heterocycles. The van der Waals surface area contributed by atoms with E-state index in [4.69, 9.17) is 4.74 Å². The summed E-state index contributed by atoms with van der Waals surface area (Å²) < 4.78 is 7.05. The van der Waals surface area contributed by atoms with Crippen molar-refractivity contribution in [1.29, 1.82) is 0 Å². The van der Waals surface area contributed by atoms with E-state index in [1.807, 2.05) is 63.2 Å². The van der Waals surface area contributed by atoms with Crippen molar-refractivity contribution in [3.05, 3.63) is 53.6 Å². The molecule has 1 amide bonds. The van der Waals surface area contributed by atoms with E-state index in [0.717, 1.165) is 28.3 Å². The van der Waals surface area contributed by atoms with E-state index in [1.54, 1.807) is 4.68 Å². The fraction of sp³-hybridized carbons (Fsp3) is 0.263. The van der Waals surface area contributed by atoms with Crippen LogP contribution in [0.15, 0.2) is 47.6 Å². The molecule has 0 radical (unpaired) electrons. The molecule has 0 aliphatic carbocycles. The van der Waals surface area contributed by atoms with Gasteiger partial charge in [-0.05, 0) is 72.7 Å². The standard InChI is InChI=1S/C19H21N5O2S/c1-4-26-16-10-8-15(9-11-16)24-19(21-22-23-24)27-12-18(25)20-17-7-5-6-13(2)14(17)3/h5-11H,4,12H2,1-3H3,(H,20,25). The van der Waals surface area contributed by atoms with Gasteiger partial charge < -0.3 is 10.1 Å². The highest BCUT2D eigenvalue weighted by Crippen LogP contribution is 2.22. The molecule has 8 heteroatoms. The molecular formula is C19H21N5O2S. The minimum Gasteiger partial charge on any atom is -0.494 e. The number of tetrazole rings is 1. The first-order chi connectivity index (χ1) is 13.1. The van der Waals surface area contributed by atoms with Gasteiger partial charge >= 0.3 is 0 Å². The molecule has 0 saturated heterocycles. The summed E-state index contributed by atoms with van der Waals surface area (Å²) in [7, 11) is 0. The average molecular weight is 383 g/mol. The lowest BCUT2D eigenvalue weighted by Gasteiger charge is -2.10. The molecule has 140 valence electrons. The third kappa shape index (κ3) is 4.65. The molecular weight excluding hydrogens is 362 g/mol. The van der Waals surface area contributed by atoms with E-state index in [-0.39, 0.29) is 11.7 Å². The summed E-state index contributed by atoms with van der Waals surface area (Å²) in [6.45, 7) is 6.56. The summed E-state index contributed by atoms with van der Waals surface area (Å²) >= 11 is 1.28. The SMILES string of the molecule is CCOc1ccc(-n2nnnc2SCC(=O)Nc2cccc(C)c2C)cc1. The Bertz CT molecular complexity index is 924. The van der Waals surface area contributed by atoms with E-state index in [2.05, 4.69) is 20.8 Å². The van der Waals surface area contributed by atoms with Crippen LogP contribution < -0.4 is 10.1 Å². The van der Waals surface area contributed by atoms with Crippen LogP contribution in [0.1, 0.15) is 18.1 Å². The normalized spacial score (nSPS) is 10.6. The predicted octanol–water partition coefficient (Wildman–Crippen LogP) is 3.41. The van der Waals surface area contributed by atoms with E-state index in [1.165, 1.54) is 11.8 Å².